The predicted octanol–water partition coefficient (Wildman–Crippen LogP) is 1.29. The summed E-state index contributed by atoms with van der Waals surface area (Å²) in [5, 5.41) is 3.18. The Morgan fingerprint density at radius 1 is 1.53 bits per heavy atom. The van der Waals surface area contributed by atoms with E-state index in [4.69, 9.17) is 0 Å². The standard InChI is InChI=1S/C13H21N3O/c1-4-14-9-11(2)13(17)16(3)10-12-7-5-6-8-15-12/h5-8,11,14H,4,9-10H2,1-3H3. The van der Waals surface area contributed by atoms with Crippen molar-refractivity contribution < 1.29 is 4.79 Å². The first-order valence-corrected chi connectivity index (χ1v) is 6.00. The summed E-state index contributed by atoms with van der Waals surface area (Å²) in [7, 11) is 1.82. The van der Waals surface area contributed by atoms with Gasteiger partial charge in [-0.05, 0) is 18.7 Å². The normalized spacial score (nSPS) is 12.2. The molecule has 0 radical (unpaired) electrons. The van der Waals surface area contributed by atoms with Crippen molar-refractivity contribution in [2.45, 2.75) is 20.4 Å². The average Bonchev–Trinajstić information content (AvgIpc) is 2.36. The van der Waals surface area contributed by atoms with E-state index in [1.54, 1.807) is 11.1 Å². The summed E-state index contributed by atoms with van der Waals surface area (Å²) in [6, 6.07) is 5.74. The number of amides is 1. The van der Waals surface area contributed by atoms with Crippen molar-refractivity contribution in [3.8, 4) is 0 Å². The van der Waals surface area contributed by atoms with Gasteiger partial charge in [-0.3, -0.25) is 9.78 Å². The Morgan fingerprint density at radius 3 is 2.88 bits per heavy atom. The lowest BCUT2D eigenvalue weighted by molar-refractivity contribution is -0.134. The van der Waals surface area contributed by atoms with Crippen LogP contribution in [0.25, 0.3) is 0 Å². The van der Waals surface area contributed by atoms with Gasteiger partial charge in [0.2, 0.25) is 5.91 Å². The van der Waals surface area contributed by atoms with Crippen LogP contribution in [0.3, 0.4) is 0 Å². The molecule has 1 heterocycles. The molecule has 1 N–H and O–H groups in total. The highest BCUT2D eigenvalue weighted by atomic mass is 16.2. The molecule has 1 atom stereocenters. The number of aromatic nitrogens is 1. The van der Waals surface area contributed by atoms with Crippen LogP contribution in [0, 0.1) is 5.92 Å². The van der Waals surface area contributed by atoms with Crippen LogP contribution in [0.5, 0.6) is 0 Å². The molecule has 17 heavy (non-hydrogen) atoms. The van der Waals surface area contributed by atoms with Crippen molar-refractivity contribution in [2.24, 2.45) is 5.92 Å². The van der Waals surface area contributed by atoms with E-state index in [1.165, 1.54) is 0 Å². The third kappa shape index (κ3) is 4.53. The second kappa shape index (κ2) is 7.01. The maximum atomic E-state index is 12.0. The van der Waals surface area contributed by atoms with Gasteiger partial charge >= 0.3 is 0 Å². The quantitative estimate of drug-likeness (QED) is 0.808. The fraction of sp³-hybridized carbons (Fsp3) is 0.538. The molecule has 0 aromatic carbocycles. The van der Waals surface area contributed by atoms with Crippen LogP contribution in [-0.2, 0) is 11.3 Å². The molecule has 1 aromatic heterocycles. The third-order valence-electron chi connectivity index (χ3n) is 2.62. The van der Waals surface area contributed by atoms with Gasteiger partial charge < -0.3 is 10.2 Å². The molecule has 0 fully saturated rings. The molecule has 1 amide bonds. The van der Waals surface area contributed by atoms with E-state index in [9.17, 15) is 4.79 Å². The van der Waals surface area contributed by atoms with Crippen LogP contribution in [0.1, 0.15) is 19.5 Å². The SMILES string of the molecule is CCNCC(C)C(=O)N(C)Cc1ccccn1. The monoisotopic (exact) mass is 235 g/mol. The zero-order valence-corrected chi connectivity index (χ0v) is 10.8. The Bertz CT molecular complexity index is 340. The largest absolute Gasteiger partial charge is 0.340 e. The first kappa shape index (κ1) is 13.6. The van der Waals surface area contributed by atoms with Gasteiger partial charge in [-0.15, -0.1) is 0 Å². The summed E-state index contributed by atoms with van der Waals surface area (Å²) in [6.45, 7) is 6.16. The van der Waals surface area contributed by atoms with Crippen LogP contribution >= 0.6 is 0 Å². The molecule has 4 nitrogen and oxygen atoms in total. The van der Waals surface area contributed by atoms with Gasteiger partial charge in [0, 0.05) is 25.7 Å². The first-order valence-electron chi connectivity index (χ1n) is 6.00. The van der Waals surface area contributed by atoms with Crippen molar-refractivity contribution in [3.05, 3.63) is 30.1 Å². The smallest absolute Gasteiger partial charge is 0.226 e. The van der Waals surface area contributed by atoms with Gasteiger partial charge in [-0.25, -0.2) is 0 Å². The van der Waals surface area contributed by atoms with Gasteiger partial charge in [-0.1, -0.05) is 19.9 Å². The van der Waals surface area contributed by atoms with E-state index in [1.807, 2.05) is 39.1 Å². The molecule has 0 saturated carbocycles. The Labute approximate surface area is 103 Å². The number of pyridine rings is 1. The highest BCUT2D eigenvalue weighted by Crippen LogP contribution is 2.04. The van der Waals surface area contributed by atoms with E-state index in [-0.39, 0.29) is 11.8 Å². The molecule has 1 unspecified atom stereocenters. The number of carbonyl (C=O) groups is 1. The second-order valence-electron chi connectivity index (χ2n) is 4.22. The number of hydrogen-bond donors (Lipinski definition) is 1. The lowest BCUT2D eigenvalue weighted by atomic mass is 10.1. The topological polar surface area (TPSA) is 45.2 Å². The zero-order valence-electron chi connectivity index (χ0n) is 10.8. The predicted molar refractivity (Wildman–Crippen MR) is 68.4 cm³/mol. The van der Waals surface area contributed by atoms with Gasteiger partial charge in [0.15, 0.2) is 0 Å². The summed E-state index contributed by atoms with van der Waals surface area (Å²) >= 11 is 0. The van der Waals surface area contributed by atoms with Gasteiger partial charge in [0.25, 0.3) is 0 Å². The maximum absolute atomic E-state index is 12.0. The molecule has 4 heteroatoms. The zero-order chi connectivity index (χ0) is 12.7. The lowest BCUT2D eigenvalue weighted by Gasteiger charge is -2.21. The fourth-order valence-corrected chi connectivity index (χ4v) is 1.64. The third-order valence-corrected chi connectivity index (χ3v) is 2.62. The van der Waals surface area contributed by atoms with Gasteiger partial charge in [-0.2, -0.15) is 0 Å². The average molecular weight is 235 g/mol. The lowest BCUT2D eigenvalue weighted by Crippen LogP contribution is -2.36. The minimum atomic E-state index is 0.00339. The molecule has 1 rings (SSSR count). The van der Waals surface area contributed by atoms with Crippen LogP contribution in [0.4, 0.5) is 0 Å². The van der Waals surface area contributed by atoms with Crippen LogP contribution in [0.2, 0.25) is 0 Å². The maximum Gasteiger partial charge on any atom is 0.226 e. The highest BCUT2D eigenvalue weighted by molar-refractivity contribution is 5.78. The van der Waals surface area contributed by atoms with Crippen LogP contribution in [-0.4, -0.2) is 35.9 Å². The number of nitrogens with zero attached hydrogens (tertiary/aromatic N) is 2. The number of hydrogen-bond acceptors (Lipinski definition) is 3. The van der Waals surface area contributed by atoms with Gasteiger partial charge in [0.05, 0.1) is 12.2 Å². The molecular formula is C13H21N3O. The fourth-order valence-electron chi connectivity index (χ4n) is 1.64. The summed E-state index contributed by atoms with van der Waals surface area (Å²) < 4.78 is 0. The molecule has 1 aromatic rings. The molecule has 0 aliphatic heterocycles. The minimum Gasteiger partial charge on any atom is -0.340 e. The highest BCUT2D eigenvalue weighted by Gasteiger charge is 2.17. The number of nitrogens with one attached hydrogen (secondary N) is 1. The second-order valence-corrected chi connectivity index (χ2v) is 4.22. The van der Waals surface area contributed by atoms with E-state index >= 15 is 0 Å². The molecule has 0 spiro atoms. The molecule has 0 aliphatic rings. The van der Waals surface area contributed by atoms with Crippen molar-refractivity contribution in [2.75, 3.05) is 20.1 Å². The minimum absolute atomic E-state index is 0.00339. The summed E-state index contributed by atoms with van der Waals surface area (Å²) in [5.41, 5.74) is 0.916. The molecule has 0 saturated heterocycles. The molecular weight excluding hydrogens is 214 g/mol. The van der Waals surface area contributed by atoms with Crippen molar-refractivity contribution >= 4 is 5.91 Å². The molecule has 94 valence electrons. The van der Waals surface area contributed by atoms with Crippen molar-refractivity contribution in [1.29, 1.82) is 0 Å². The number of rotatable bonds is 6. The van der Waals surface area contributed by atoms with Crippen molar-refractivity contribution in [1.82, 2.24) is 15.2 Å². The summed E-state index contributed by atoms with van der Waals surface area (Å²) in [4.78, 5) is 18.0. The Hall–Kier alpha value is -1.42. The molecule has 0 aliphatic carbocycles. The molecule has 0 bridgehead atoms. The summed E-state index contributed by atoms with van der Waals surface area (Å²) in [6.07, 6.45) is 1.75. The van der Waals surface area contributed by atoms with Crippen molar-refractivity contribution in [3.63, 3.8) is 0 Å². The van der Waals surface area contributed by atoms with E-state index in [2.05, 4.69) is 10.3 Å². The van der Waals surface area contributed by atoms with E-state index in [0.29, 0.717) is 6.54 Å². The van der Waals surface area contributed by atoms with E-state index < -0.39 is 0 Å². The summed E-state index contributed by atoms with van der Waals surface area (Å²) in [5.74, 6) is 0.153. The Balaban J connectivity index is 2.47. The Morgan fingerprint density at radius 2 is 2.29 bits per heavy atom. The Kier molecular flexibility index (Phi) is 5.63. The first-order chi connectivity index (χ1) is 8.15. The van der Waals surface area contributed by atoms with E-state index in [0.717, 1.165) is 18.8 Å². The van der Waals surface area contributed by atoms with Crippen LogP contribution < -0.4 is 5.32 Å². The van der Waals surface area contributed by atoms with Gasteiger partial charge in [0.1, 0.15) is 0 Å². The van der Waals surface area contributed by atoms with Crippen LogP contribution in [0.15, 0.2) is 24.4 Å². The number of carbonyl (C=O) groups excluding carboxylic acids is 1.